The third-order valence-electron chi connectivity index (χ3n) is 4.41. The van der Waals surface area contributed by atoms with Gasteiger partial charge in [0.1, 0.15) is 30.4 Å². The molecule has 0 bridgehead atoms. The van der Waals surface area contributed by atoms with E-state index in [1.54, 1.807) is 36.4 Å². The molecule has 1 amide bonds. The molecule has 1 fully saturated rings. The molecule has 1 heterocycles. The van der Waals surface area contributed by atoms with Crippen molar-refractivity contribution >= 4 is 46.9 Å². The van der Waals surface area contributed by atoms with Crippen LogP contribution < -0.4 is 4.74 Å². The van der Waals surface area contributed by atoms with Crippen molar-refractivity contribution in [3.8, 4) is 5.75 Å². The van der Waals surface area contributed by atoms with Gasteiger partial charge in [-0.25, -0.2) is 4.39 Å². The number of thiocarbonyl (C=S) groups is 1. The van der Waals surface area contributed by atoms with E-state index in [-0.39, 0.29) is 35.7 Å². The van der Waals surface area contributed by atoms with Crippen molar-refractivity contribution < 1.29 is 23.5 Å². The van der Waals surface area contributed by atoms with Crippen LogP contribution in [0.4, 0.5) is 4.39 Å². The van der Waals surface area contributed by atoms with Gasteiger partial charge in [0.05, 0.1) is 12.1 Å². The topological polar surface area (TPSA) is 59.1 Å². The molecule has 0 N–H and O–H groups in total. The van der Waals surface area contributed by atoms with E-state index in [9.17, 15) is 14.0 Å². The van der Waals surface area contributed by atoms with Crippen LogP contribution in [0.3, 0.4) is 0 Å². The Morgan fingerprint density at radius 2 is 1.93 bits per heavy atom. The van der Waals surface area contributed by atoms with E-state index < -0.39 is 5.97 Å². The molecule has 1 aliphatic heterocycles. The number of carbonyl (C=O) groups is 2. The molecule has 30 heavy (non-hydrogen) atoms. The quantitative estimate of drug-likeness (QED) is 0.382. The predicted octanol–water partition coefficient (Wildman–Crippen LogP) is 3.63. The van der Waals surface area contributed by atoms with Gasteiger partial charge in [-0.05, 0) is 53.7 Å². The van der Waals surface area contributed by atoms with Gasteiger partial charge in [0.15, 0.2) is 5.11 Å². The van der Waals surface area contributed by atoms with Gasteiger partial charge in [0, 0.05) is 7.05 Å². The Morgan fingerprint density at radius 1 is 1.23 bits per heavy atom. The summed E-state index contributed by atoms with van der Waals surface area (Å²) in [5.41, 5.74) is 1.67. The summed E-state index contributed by atoms with van der Waals surface area (Å²) < 4.78 is 23.4. The van der Waals surface area contributed by atoms with E-state index in [4.69, 9.17) is 28.6 Å². The fourth-order valence-corrected chi connectivity index (χ4v) is 3.26. The van der Waals surface area contributed by atoms with Crippen molar-refractivity contribution in [1.29, 1.82) is 0 Å². The summed E-state index contributed by atoms with van der Waals surface area (Å²) in [6.45, 7) is 0.0503. The third-order valence-corrected chi connectivity index (χ3v) is 5.20. The molecule has 1 aliphatic rings. The molecule has 0 aliphatic carbocycles. The van der Waals surface area contributed by atoms with E-state index in [1.165, 1.54) is 36.1 Å². The van der Waals surface area contributed by atoms with Crippen molar-refractivity contribution in [2.24, 2.45) is 0 Å². The Labute approximate surface area is 183 Å². The Bertz CT molecular complexity index is 1030. The normalized spacial score (nSPS) is 15.1. The maximum absolute atomic E-state index is 13.0. The van der Waals surface area contributed by atoms with Gasteiger partial charge in [-0.3, -0.25) is 14.5 Å². The highest BCUT2D eigenvalue weighted by molar-refractivity contribution is 7.80. The van der Waals surface area contributed by atoms with E-state index in [1.807, 2.05) is 0 Å². The SMILES string of the molecule is COC(=O)CN1C(=S)N(C)C(=O)/C1=C/c1ccc(OCc2ccc(F)cc2)c(Cl)c1. The first-order chi connectivity index (χ1) is 14.3. The van der Waals surface area contributed by atoms with E-state index in [0.29, 0.717) is 16.3 Å². The number of nitrogens with zero attached hydrogens (tertiary/aromatic N) is 2. The first-order valence-corrected chi connectivity index (χ1v) is 9.63. The minimum Gasteiger partial charge on any atom is -0.487 e. The summed E-state index contributed by atoms with van der Waals surface area (Å²) in [6.07, 6.45) is 1.59. The molecule has 9 heteroatoms. The van der Waals surface area contributed by atoms with Gasteiger partial charge in [-0.2, -0.15) is 0 Å². The lowest BCUT2D eigenvalue weighted by Crippen LogP contribution is -2.33. The van der Waals surface area contributed by atoms with Crippen LogP contribution in [0.15, 0.2) is 48.2 Å². The summed E-state index contributed by atoms with van der Waals surface area (Å²) in [4.78, 5) is 26.9. The van der Waals surface area contributed by atoms with Gasteiger partial charge in [-0.15, -0.1) is 0 Å². The zero-order valence-electron chi connectivity index (χ0n) is 16.2. The summed E-state index contributed by atoms with van der Waals surface area (Å²) in [6, 6.07) is 11.0. The average Bonchev–Trinajstić information content (AvgIpc) is 2.92. The molecule has 0 aromatic heterocycles. The molecule has 156 valence electrons. The molecule has 6 nitrogen and oxygen atoms in total. The summed E-state index contributed by atoms with van der Waals surface area (Å²) in [5.74, 6) is -0.729. The fourth-order valence-electron chi connectivity index (χ4n) is 2.77. The second kappa shape index (κ2) is 9.23. The molecular formula is C21H18ClFN2O4S. The van der Waals surface area contributed by atoms with Crippen molar-refractivity contribution in [3.63, 3.8) is 0 Å². The van der Waals surface area contributed by atoms with E-state index >= 15 is 0 Å². The monoisotopic (exact) mass is 448 g/mol. The van der Waals surface area contributed by atoms with Gasteiger partial charge in [0.2, 0.25) is 0 Å². The van der Waals surface area contributed by atoms with Crippen LogP contribution in [0, 0.1) is 5.82 Å². The third kappa shape index (κ3) is 4.77. The minimum absolute atomic E-state index is 0.177. The Hall–Kier alpha value is -2.97. The number of rotatable bonds is 6. The van der Waals surface area contributed by atoms with Crippen LogP contribution in [0.25, 0.3) is 6.08 Å². The van der Waals surface area contributed by atoms with Crippen LogP contribution in [-0.2, 0) is 20.9 Å². The van der Waals surface area contributed by atoms with Crippen LogP contribution in [-0.4, -0.2) is 47.5 Å². The van der Waals surface area contributed by atoms with Crippen LogP contribution in [0.2, 0.25) is 5.02 Å². The van der Waals surface area contributed by atoms with Gasteiger partial charge in [0.25, 0.3) is 5.91 Å². The molecule has 0 saturated carbocycles. The van der Waals surface area contributed by atoms with E-state index in [0.717, 1.165) is 5.56 Å². The smallest absolute Gasteiger partial charge is 0.325 e. The summed E-state index contributed by atoms with van der Waals surface area (Å²) >= 11 is 11.6. The minimum atomic E-state index is -0.520. The molecule has 0 radical (unpaired) electrons. The highest BCUT2D eigenvalue weighted by Gasteiger charge is 2.36. The maximum Gasteiger partial charge on any atom is 0.325 e. The van der Waals surface area contributed by atoms with Gasteiger partial charge >= 0.3 is 5.97 Å². The number of amides is 1. The van der Waals surface area contributed by atoms with Crippen LogP contribution >= 0.6 is 23.8 Å². The molecule has 0 spiro atoms. The maximum atomic E-state index is 13.0. The highest BCUT2D eigenvalue weighted by atomic mass is 35.5. The number of methoxy groups -OCH3 is 1. The lowest BCUT2D eigenvalue weighted by Gasteiger charge is -2.17. The van der Waals surface area contributed by atoms with Gasteiger partial charge in [-0.1, -0.05) is 29.8 Å². The summed E-state index contributed by atoms with van der Waals surface area (Å²) in [5, 5.41) is 0.550. The molecule has 0 unspecified atom stereocenters. The van der Waals surface area contributed by atoms with Crippen molar-refractivity contribution in [2.45, 2.75) is 6.61 Å². The Kier molecular flexibility index (Phi) is 6.69. The predicted molar refractivity (Wildman–Crippen MR) is 114 cm³/mol. The number of hydrogen-bond donors (Lipinski definition) is 0. The molecule has 2 aromatic rings. The fraction of sp³-hybridized carbons (Fsp3) is 0.190. The Balaban J connectivity index is 1.79. The van der Waals surface area contributed by atoms with Crippen molar-refractivity contribution in [2.75, 3.05) is 20.7 Å². The average molecular weight is 449 g/mol. The van der Waals surface area contributed by atoms with Crippen molar-refractivity contribution in [1.82, 2.24) is 9.80 Å². The first-order valence-electron chi connectivity index (χ1n) is 8.85. The van der Waals surface area contributed by atoms with Gasteiger partial charge < -0.3 is 14.4 Å². The zero-order chi connectivity index (χ0) is 21.8. The number of carbonyl (C=O) groups excluding carboxylic acids is 2. The Morgan fingerprint density at radius 3 is 2.57 bits per heavy atom. The molecule has 3 rings (SSSR count). The molecule has 2 aromatic carbocycles. The number of likely N-dealkylation sites (N-methyl/N-ethyl adjacent to an activating group) is 1. The molecular weight excluding hydrogens is 431 g/mol. The van der Waals surface area contributed by atoms with Crippen LogP contribution in [0.5, 0.6) is 5.75 Å². The van der Waals surface area contributed by atoms with Crippen LogP contribution in [0.1, 0.15) is 11.1 Å². The van der Waals surface area contributed by atoms with E-state index in [2.05, 4.69) is 4.74 Å². The number of hydrogen-bond acceptors (Lipinski definition) is 5. The lowest BCUT2D eigenvalue weighted by atomic mass is 10.1. The lowest BCUT2D eigenvalue weighted by molar-refractivity contribution is -0.140. The standard InChI is InChI=1S/C21H18ClFN2O4S/c1-24-20(27)17(25(21(24)30)11-19(26)28-2)10-14-5-8-18(16(22)9-14)29-12-13-3-6-15(23)7-4-13/h3-10H,11-12H2,1-2H3/b17-10-. The number of benzene rings is 2. The highest BCUT2D eigenvalue weighted by Crippen LogP contribution is 2.29. The number of halogens is 2. The number of esters is 1. The van der Waals surface area contributed by atoms with Crippen molar-refractivity contribution in [3.05, 3.63) is 70.1 Å². The summed E-state index contributed by atoms with van der Waals surface area (Å²) in [7, 11) is 2.80. The number of ether oxygens (including phenoxy) is 2. The molecule has 1 saturated heterocycles. The largest absolute Gasteiger partial charge is 0.487 e. The second-order valence-corrected chi connectivity index (χ2v) is 7.22. The second-order valence-electron chi connectivity index (χ2n) is 6.44. The zero-order valence-corrected chi connectivity index (χ0v) is 17.8. The molecule has 0 atom stereocenters. The first kappa shape index (κ1) is 21.7.